The molecule has 2 atom stereocenters. The van der Waals surface area contributed by atoms with Crippen molar-refractivity contribution in [1.82, 2.24) is 20.2 Å². The minimum absolute atomic E-state index is 0.0921. The second kappa shape index (κ2) is 8.82. The van der Waals surface area contributed by atoms with Crippen molar-refractivity contribution >= 4 is 0 Å². The van der Waals surface area contributed by atoms with E-state index in [1.807, 2.05) is 22.9 Å². The van der Waals surface area contributed by atoms with Crippen LogP contribution in [0.2, 0.25) is 0 Å². The van der Waals surface area contributed by atoms with Crippen molar-refractivity contribution in [2.45, 2.75) is 59.3 Å². The molecule has 1 aromatic heterocycles. The Morgan fingerprint density at radius 3 is 2.07 bits per heavy atom. The number of hydrogen-bond donors (Lipinski definition) is 1. The van der Waals surface area contributed by atoms with Crippen LogP contribution in [0.5, 0.6) is 0 Å². The zero-order valence-electron chi connectivity index (χ0n) is 17.9. The van der Waals surface area contributed by atoms with Crippen LogP contribution in [0.3, 0.4) is 0 Å². The van der Waals surface area contributed by atoms with Gasteiger partial charge in [-0.05, 0) is 43.3 Å². The summed E-state index contributed by atoms with van der Waals surface area (Å²) in [5.74, 6) is 0.997. The molecule has 0 bridgehead atoms. The number of rotatable bonds is 7. The molecule has 0 saturated carbocycles. The first-order valence-electron chi connectivity index (χ1n) is 10.2. The summed E-state index contributed by atoms with van der Waals surface area (Å²) in [5.41, 5.74) is 2.14. The van der Waals surface area contributed by atoms with Gasteiger partial charge in [-0.3, -0.25) is 0 Å². The van der Waals surface area contributed by atoms with Crippen LogP contribution in [0.25, 0.3) is 0 Å². The highest BCUT2D eigenvalue weighted by Gasteiger charge is 2.35. The van der Waals surface area contributed by atoms with E-state index in [4.69, 9.17) is 0 Å². The van der Waals surface area contributed by atoms with Gasteiger partial charge in [0, 0.05) is 17.0 Å². The van der Waals surface area contributed by atoms with Gasteiger partial charge in [-0.2, -0.15) is 0 Å². The Morgan fingerprint density at radius 2 is 1.52 bits per heavy atom. The molecule has 1 heterocycles. The molecule has 6 heteroatoms. The van der Waals surface area contributed by atoms with E-state index >= 15 is 0 Å². The molecule has 0 radical (unpaired) electrons. The molecule has 2 aromatic carbocycles. The van der Waals surface area contributed by atoms with Crippen molar-refractivity contribution in [2.75, 3.05) is 0 Å². The van der Waals surface area contributed by atoms with Crippen molar-refractivity contribution < 1.29 is 9.29 Å². The first-order chi connectivity index (χ1) is 13.8. The number of benzene rings is 2. The molecule has 0 aliphatic rings. The topological polar surface area (TPSA) is 48.0 Å². The lowest BCUT2D eigenvalue weighted by Gasteiger charge is -2.32. The van der Waals surface area contributed by atoms with Gasteiger partial charge in [-0.15, -0.1) is 5.10 Å². The van der Waals surface area contributed by atoms with Crippen LogP contribution in [0.15, 0.2) is 54.6 Å². The van der Waals surface area contributed by atoms with Gasteiger partial charge >= 0.3 is 0 Å². The summed E-state index contributed by atoms with van der Waals surface area (Å²) < 4.78 is 15.4. The Balaban J connectivity index is 2.01. The highest BCUT2D eigenvalue weighted by atomic mass is 19.1. The standard InChI is InChI=1S/C23H30FN5/c1-17(2)21(22-25-26-27-29(22)23(3,4)5)28(15-18-9-7-6-8-10-18)16-19-11-13-20(24)14-12-19/h6-14,17,21H,15-16H2,1-5H3/p+1/t21-/m0/s1. The van der Waals surface area contributed by atoms with Crippen molar-refractivity contribution in [3.63, 3.8) is 0 Å². The quantitative estimate of drug-likeness (QED) is 0.664. The molecular weight excluding hydrogens is 365 g/mol. The molecule has 3 rings (SSSR count). The summed E-state index contributed by atoms with van der Waals surface area (Å²) in [7, 11) is 0. The fourth-order valence-electron chi connectivity index (χ4n) is 3.82. The van der Waals surface area contributed by atoms with Crippen LogP contribution in [0.1, 0.15) is 57.6 Å². The van der Waals surface area contributed by atoms with Crippen molar-refractivity contribution in [3.8, 4) is 0 Å². The van der Waals surface area contributed by atoms with Crippen LogP contribution in [0, 0.1) is 11.7 Å². The monoisotopic (exact) mass is 396 g/mol. The summed E-state index contributed by atoms with van der Waals surface area (Å²) in [5, 5.41) is 12.7. The number of hydrogen-bond acceptors (Lipinski definition) is 3. The van der Waals surface area contributed by atoms with Gasteiger partial charge in [0.15, 0.2) is 6.04 Å². The highest BCUT2D eigenvalue weighted by molar-refractivity contribution is 5.16. The number of quaternary nitrogens is 1. The van der Waals surface area contributed by atoms with Crippen molar-refractivity contribution in [1.29, 1.82) is 0 Å². The molecule has 1 unspecified atom stereocenters. The first-order valence-corrected chi connectivity index (χ1v) is 10.2. The number of halogens is 1. The fraction of sp³-hybridized carbons (Fsp3) is 0.435. The summed E-state index contributed by atoms with van der Waals surface area (Å²) in [6.45, 7) is 12.3. The van der Waals surface area contributed by atoms with E-state index in [2.05, 4.69) is 74.4 Å². The third kappa shape index (κ3) is 5.26. The molecule has 0 aliphatic heterocycles. The second-order valence-electron chi connectivity index (χ2n) is 8.97. The van der Waals surface area contributed by atoms with Gasteiger partial charge in [-0.1, -0.05) is 56.3 Å². The van der Waals surface area contributed by atoms with E-state index in [9.17, 15) is 4.39 Å². The Hall–Kier alpha value is -2.60. The predicted octanol–water partition coefficient (Wildman–Crippen LogP) is 3.55. The minimum Gasteiger partial charge on any atom is -0.318 e. The van der Waals surface area contributed by atoms with Crippen LogP contribution < -0.4 is 4.90 Å². The average molecular weight is 397 g/mol. The maximum Gasteiger partial charge on any atom is 0.210 e. The van der Waals surface area contributed by atoms with Gasteiger partial charge in [-0.25, -0.2) is 9.07 Å². The predicted molar refractivity (Wildman–Crippen MR) is 112 cm³/mol. The third-order valence-electron chi connectivity index (χ3n) is 5.13. The Labute approximate surface area is 172 Å². The zero-order valence-corrected chi connectivity index (χ0v) is 17.9. The average Bonchev–Trinajstić information content (AvgIpc) is 3.14. The maximum atomic E-state index is 13.4. The largest absolute Gasteiger partial charge is 0.318 e. The number of nitrogens with zero attached hydrogens (tertiary/aromatic N) is 4. The minimum atomic E-state index is -0.213. The Kier molecular flexibility index (Phi) is 6.42. The molecule has 154 valence electrons. The molecule has 1 N–H and O–H groups in total. The summed E-state index contributed by atoms with van der Waals surface area (Å²) in [4.78, 5) is 1.33. The van der Waals surface area contributed by atoms with Crippen molar-refractivity contribution in [2.24, 2.45) is 5.92 Å². The van der Waals surface area contributed by atoms with Crippen LogP contribution in [0.4, 0.5) is 4.39 Å². The SMILES string of the molecule is CC(C)[C@@H](c1nnnn1C(C)(C)C)[NH+](Cc1ccccc1)Cc1ccc(F)cc1. The second-order valence-corrected chi connectivity index (χ2v) is 8.97. The lowest BCUT2D eigenvalue weighted by Crippen LogP contribution is -3.10. The summed E-state index contributed by atoms with van der Waals surface area (Å²) >= 11 is 0. The van der Waals surface area contributed by atoms with Crippen LogP contribution in [-0.4, -0.2) is 20.2 Å². The summed E-state index contributed by atoms with van der Waals surface area (Å²) in [6.07, 6.45) is 0. The lowest BCUT2D eigenvalue weighted by atomic mass is 9.98. The van der Waals surface area contributed by atoms with Gasteiger partial charge in [0.2, 0.25) is 5.82 Å². The van der Waals surface area contributed by atoms with E-state index in [0.717, 1.165) is 24.5 Å². The summed E-state index contributed by atoms with van der Waals surface area (Å²) in [6, 6.07) is 17.3. The Morgan fingerprint density at radius 1 is 0.931 bits per heavy atom. The van der Waals surface area contributed by atoms with E-state index in [1.54, 1.807) is 0 Å². The third-order valence-corrected chi connectivity index (χ3v) is 5.13. The Bertz CT molecular complexity index is 897. The van der Waals surface area contributed by atoms with E-state index in [0.29, 0.717) is 5.92 Å². The smallest absolute Gasteiger partial charge is 0.210 e. The van der Waals surface area contributed by atoms with Crippen LogP contribution >= 0.6 is 0 Å². The van der Waals surface area contributed by atoms with E-state index in [-0.39, 0.29) is 17.4 Å². The molecule has 0 spiro atoms. The normalized spacial score (nSPS) is 14.2. The highest BCUT2D eigenvalue weighted by Crippen LogP contribution is 2.22. The van der Waals surface area contributed by atoms with Gasteiger partial charge in [0.25, 0.3) is 0 Å². The number of tetrazole rings is 1. The molecule has 0 amide bonds. The van der Waals surface area contributed by atoms with Gasteiger partial charge in [0.1, 0.15) is 18.9 Å². The molecular formula is C23H31FN5+. The molecule has 0 fully saturated rings. The van der Waals surface area contributed by atoms with E-state index in [1.165, 1.54) is 22.6 Å². The van der Waals surface area contributed by atoms with Gasteiger partial charge < -0.3 is 4.90 Å². The number of nitrogens with one attached hydrogen (secondary N) is 1. The van der Waals surface area contributed by atoms with Gasteiger partial charge in [0.05, 0.1) is 5.54 Å². The van der Waals surface area contributed by atoms with E-state index < -0.39 is 0 Å². The molecule has 5 nitrogen and oxygen atoms in total. The maximum absolute atomic E-state index is 13.4. The van der Waals surface area contributed by atoms with Crippen molar-refractivity contribution in [3.05, 3.63) is 77.4 Å². The zero-order chi connectivity index (χ0) is 21.0. The first kappa shape index (κ1) is 21.1. The molecule has 3 aromatic rings. The molecule has 0 saturated heterocycles. The van der Waals surface area contributed by atoms with Crippen LogP contribution in [-0.2, 0) is 18.6 Å². The number of aromatic nitrogens is 4. The fourth-order valence-corrected chi connectivity index (χ4v) is 3.82. The molecule has 29 heavy (non-hydrogen) atoms. The molecule has 0 aliphatic carbocycles. The lowest BCUT2D eigenvalue weighted by molar-refractivity contribution is -0.962.